The van der Waals surface area contributed by atoms with Crippen LogP contribution in [0.4, 0.5) is 0 Å². The first kappa shape index (κ1) is 12.0. The first-order chi connectivity index (χ1) is 7.11. The molecule has 1 rings (SSSR count). The second kappa shape index (κ2) is 5.74. The van der Waals surface area contributed by atoms with Crippen molar-refractivity contribution in [3.63, 3.8) is 0 Å². The summed E-state index contributed by atoms with van der Waals surface area (Å²) < 4.78 is 6.38. The number of hydrogen-bond donors (Lipinski definition) is 0. The molecule has 4 heteroatoms. The predicted octanol–water partition coefficient (Wildman–Crippen LogP) is 2.26. The average Bonchev–Trinajstić information content (AvgIpc) is 2.16. The van der Waals surface area contributed by atoms with Gasteiger partial charge in [0.15, 0.2) is 0 Å². The second-order valence-electron chi connectivity index (χ2n) is 3.44. The van der Waals surface area contributed by atoms with Gasteiger partial charge in [-0.2, -0.15) is 5.26 Å². The quantitative estimate of drug-likeness (QED) is 0.841. The second-order valence-corrected chi connectivity index (χ2v) is 4.35. The number of hydrogen-bond acceptors (Lipinski definition) is 3. The molecule has 0 aliphatic rings. The van der Waals surface area contributed by atoms with Crippen molar-refractivity contribution >= 4 is 15.9 Å². The Kier molecular flexibility index (Phi) is 4.60. The molecule has 0 fully saturated rings. The van der Waals surface area contributed by atoms with E-state index in [1.807, 2.05) is 25.1 Å². The predicted molar refractivity (Wildman–Crippen MR) is 62.9 cm³/mol. The van der Waals surface area contributed by atoms with Gasteiger partial charge in [0, 0.05) is 11.0 Å². The van der Waals surface area contributed by atoms with Crippen LogP contribution in [0.2, 0.25) is 0 Å². The van der Waals surface area contributed by atoms with Crippen LogP contribution in [0.3, 0.4) is 0 Å². The third-order valence-electron chi connectivity index (χ3n) is 1.81. The molecule has 1 aromatic rings. The zero-order valence-electron chi connectivity index (χ0n) is 8.83. The number of halogens is 1. The zero-order valence-corrected chi connectivity index (χ0v) is 10.4. The fourth-order valence-corrected chi connectivity index (χ4v) is 1.53. The van der Waals surface area contributed by atoms with E-state index in [-0.39, 0.29) is 0 Å². The molecule has 15 heavy (non-hydrogen) atoms. The van der Waals surface area contributed by atoms with Crippen molar-refractivity contribution in [3.8, 4) is 11.8 Å². The summed E-state index contributed by atoms with van der Waals surface area (Å²) in [6.07, 6.45) is 0. The lowest BCUT2D eigenvalue weighted by molar-refractivity contribution is 0.261. The molecule has 0 bridgehead atoms. The van der Waals surface area contributed by atoms with Crippen LogP contribution in [0, 0.1) is 11.3 Å². The molecule has 1 aromatic carbocycles. The Morgan fingerprint density at radius 2 is 2.13 bits per heavy atom. The minimum Gasteiger partial charge on any atom is -0.492 e. The van der Waals surface area contributed by atoms with Crippen molar-refractivity contribution in [1.29, 1.82) is 5.26 Å². The van der Waals surface area contributed by atoms with Gasteiger partial charge < -0.3 is 9.64 Å². The van der Waals surface area contributed by atoms with Crippen molar-refractivity contribution in [2.45, 2.75) is 0 Å². The monoisotopic (exact) mass is 268 g/mol. The van der Waals surface area contributed by atoms with Crippen LogP contribution < -0.4 is 4.74 Å². The van der Waals surface area contributed by atoms with Crippen LogP contribution in [0.15, 0.2) is 22.7 Å². The minimum atomic E-state index is 0.601. The normalized spacial score (nSPS) is 10.1. The van der Waals surface area contributed by atoms with Crippen molar-refractivity contribution in [1.82, 2.24) is 4.90 Å². The van der Waals surface area contributed by atoms with Gasteiger partial charge in [0.2, 0.25) is 0 Å². The van der Waals surface area contributed by atoms with Gasteiger partial charge in [-0.3, -0.25) is 0 Å². The van der Waals surface area contributed by atoms with Crippen LogP contribution in [0.5, 0.6) is 5.75 Å². The molecule has 0 saturated heterocycles. The van der Waals surface area contributed by atoms with Gasteiger partial charge in [0.05, 0.1) is 11.6 Å². The molecular formula is C11H13BrN2O. The van der Waals surface area contributed by atoms with Crippen LogP contribution >= 0.6 is 15.9 Å². The summed E-state index contributed by atoms with van der Waals surface area (Å²) in [5, 5.41) is 8.77. The van der Waals surface area contributed by atoms with E-state index >= 15 is 0 Å². The van der Waals surface area contributed by atoms with E-state index in [9.17, 15) is 0 Å². The third-order valence-corrected chi connectivity index (χ3v) is 2.27. The van der Waals surface area contributed by atoms with E-state index in [1.165, 1.54) is 0 Å². The van der Waals surface area contributed by atoms with Crippen LogP contribution in [-0.4, -0.2) is 32.1 Å². The maximum atomic E-state index is 8.77. The molecule has 0 aliphatic heterocycles. The summed E-state index contributed by atoms with van der Waals surface area (Å²) in [5.74, 6) is 0.725. The Morgan fingerprint density at radius 3 is 2.73 bits per heavy atom. The summed E-state index contributed by atoms with van der Waals surface area (Å²) in [5.41, 5.74) is 0.601. The van der Waals surface area contributed by atoms with Gasteiger partial charge >= 0.3 is 0 Å². The Labute approximate surface area is 98.4 Å². The standard InChI is InChI=1S/C11H13BrN2O/c1-14(2)3-4-15-11-6-9(8-13)5-10(12)7-11/h5-7H,3-4H2,1-2H3. The number of likely N-dealkylation sites (N-methyl/N-ethyl adjacent to an activating group) is 1. The number of nitriles is 1. The molecule has 80 valence electrons. The first-order valence-electron chi connectivity index (χ1n) is 4.60. The van der Waals surface area contributed by atoms with Gasteiger partial charge in [0.25, 0.3) is 0 Å². The smallest absolute Gasteiger partial charge is 0.121 e. The molecular weight excluding hydrogens is 256 g/mol. The van der Waals surface area contributed by atoms with Crippen molar-refractivity contribution in [2.75, 3.05) is 27.2 Å². The Bertz CT molecular complexity index is 371. The van der Waals surface area contributed by atoms with Crippen molar-refractivity contribution in [2.24, 2.45) is 0 Å². The summed E-state index contributed by atoms with van der Waals surface area (Å²) in [6, 6.07) is 7.44. The van der Waals surface area contributed by atoms with Gasteiger partial charge in [-0.15, -0.1) is 0 Å². The van der Waals surface area contributed by atoms with Crippen LogP contribution in [0.25, 0.3) is 0 Å². The summed E-state index contributed by atoms with van der Waals surface area (Å²) in [4.78, 5) is 2.04. The van der Waals surface area contributed by atoms with E-state index in [0.29, 0.717) is 12.2 Å². The number of nitrogens with zero attached hydrogens (tertiary/aromatic N) is 2. The molecule has 0 amide bonds. The largest absolute Gasteiger partial charge is 0.492 e. The lowest BCUT2D eigenvalue weighted by Crippen LogP contribution is -2.19. The number of ether oxygens (including phenoxy) is 1. The molecule has 3 nitrogen and oxygen atoms in total. The van der Waals surface area contributed by atoms with Gasteiger partial charge in [0.1, 0.15) is 12.4 Å². The zero-order chi connectivity index (χ0) is 11.3. The Balaban J connectivity index is 2.61. The highest BCUT2D eigenvalue weighted by Gasteiger charge is 2.00. The van der Waals surface area contributed by atoms with Gasteiger partial charge in [-0.1, -0.05) is 15.9 Å². The fraction of sp³-hybridized carbons (Fsp3) is 0.364. The minimum absolute atomic E-state index is 0.601. The molecule has 0 aliphatic carbocycles. The summed E-state index contributed by atoms with van der Waals surface area (Å²) in [7, 11) is 3.98. The van der Waals surface area contributed by atoms with E-state index in [4.69, 9.17) is 10.00 Å². The molecule has 0 N–H and O–H groups in total. The third kappa shape index (κ3) is 4.32. The Morgan fingerprint density at radius 1 is 1.40 bits per heavy atom. The van der Waals surface area contributed by atoms with Crippen LogP contribution in [-0.2, 0) is 0 Å². The van der Waals surface area contributed by atoms with Crippen molar-refractivity contribution < 1.29 is 4.74 Å². The highest BCUT2D eigenvalue weighted by Crippen LogP contribution is 2.20. The molecule has 0 heterocycles. The van der Waals surface area contributed by atoms with Crippen molar-refractivity contribution in [3.05, 3.63) is 28.2 Å². The van der Waals surface area contributed by atoms with Crippen LogP contribution in [0.1, 0.15) is 5.56 Å². The topological polar surface area (TPSA) is 36.3 Å². The molecule has 0 spiro atoms. The maximum Gasteiger partial charge on any atom is 0.121 e. The maximum absolute atomic E-state index is 8.77. The molecule has 0 atom stereocenters. The summed E-state index contributed by atoms with van der Waals surface area (Å²) >= 11 is 3.33. The number of rotatable bonds is 4. The fourth-order valence-electron chi connectivity index (χ4n) is 1.06. The lowest BCUT2D eigenvalue weighted by atomic mass is 10.2. The summed E-state index contributed by atoms with van der Waals surface area (Å²) in [6.45, 7) is 1.47. The van der Waals surface area contributed by atoms with Gasteiger partial charge in [-0.05, 0) is 32.3 Å². The Hall–Kier alpha value is -1.05. The van der Waals surface area contributed by atoms with E-state index in [2.05, 4.69) is 22.0 Å². The molecule has 0 saturated carbocycles. The highest BCUT2D eigenvalue weighted by atomic mass is 79.9. The van der Waals surface area contributed by atoms with E-state index in [0.717, 1.165) is 16.8 Å². The van der Waals surface area contributed by atoms with Gasteiger partial charge in [-0.25, -0.2) is 0 Å². The van der Waals surface area contributed by atoms with E-state index < -0.39 is 0 Å². The van der Waals surface area contributed by atoms with E-state index in [1.54, 1.807) is 12.1 Å². The molecule has 0 radical (unpaired) electrons. The lowest BCUT2D eigenvalue weighted by Gasteiger charge is -2.11. The molecule has 0 unspecified atom stereocenters. The average molecular weight is 269 g/mol. The number of benzene rings is 1. The molecule has 0 aromatic heterocycles. The SMILES string of the molecule is CN(C)CCOc1cc(Br)cc(C#N)c1. The first-order valence-corrected chi connectivity index (χ1v) is 5.39. The highest BCUT2D eigenvalue weighted by molar-refractivity contribution is 9.10.